The molecule has 1 saturated heterocycles. The molecule has 0 aromatic heterocycles. The lowest BCUT2D eigenvalue weighted by atomic mass is 10.2. The Kier molecular flexibility index (Phi) is 10.6. The highest BCUT2D eigenvalue weighted by Gasteiger charge is 2.25. The minimum Gasteiger partial charge on any atom is -0.355 e. The Labute approximate surface area is 178 Å². The lowest BCUT2D eigenvalue weighted by Gasteiger charge is -2.21. The number of amides is 1. The predicted molar refractivity (Wildman–Crippen MR) is 118 cm³/mol. The number of nitrogens with zero attached hydrogens (tertiary/aromatic N) is 3. The average Bonchev–Trinajstić information content (AvgIpc) is 3.10. The number of aliphatic imine (C=N–C) groups is 1. The van der Waals surface area contributed by atoms with Crippen molar-refractivity contribution in [3.8, 4) is 0 Å². The SMILES string of the molecule is CCC(=O)N1CCC(NC(=NC)NCCN(C)Cc2ccc(F)cc2)C1.I. The zero-order valence-electron chi connectivity index (χ0n) is 16.4. The topological polar surface area (TPSA) is 60.0 Å². The van der Waals surface area contributed by atoms with Crippen molar-refractivity contribution in [3.05, 3.63) is 35.6 Å². The van der Waals surface area contributed by atoms with Crippen LogP contribution in [0, 0.1) is 5.82 Å². The predicted octanol–water partition coefficient (Wildman–Crippen LogP) is 2.05. The van der Waals surface area contributed by atoms with Crippen LogP contribution in [-0.2, 0) is 11.3 Å². The van der Waals surface area contributed by atoms with Crippen LogP contribution < -0.4 is 10.6 Å². The summed E-state index contributed by atoms with van der Waals surface area (Å²) in [6.45, 7) is 5.79. The van der Waals surface area contributed by atoms with Crippen LogP contribution in [0.3, 0.4) is 0 Å². The largest absolute Gasteiger partial charge is 0.355 e. The standard InChI is InChI=1S/C19H30FN5O.HI/c1-4-18(26)25-11-9-17(14-25)23-19(21-2)22-10-12-24(3)13-15-5-7-16(20)8-6-15;/h5-8,17H,4,9-14H2,1-3H3,(H2,21,22,23);1H. The molecule has 0 saturated carbocycles. The summed E-state index contributed by atoms with van der Waals surface area (Å²) in [4.78, 5) is 20.1. The summed E-state index contributed by atoms with van der Waals surface area (Å²) in [6, 6.07) is 6.84. The van der Waals surface area contributed by atoms with E-state index in [0.29, 0.717) is 6.42 Å². The number of likely N-dealkylation sites (N-methyl/N-ethyl adjacent to an activating group) is 1. The Morgan fingerprint density at radius 2 is 2.07 bits per heavy atom. The quantitative estimate of drug-likeness (QED) is 0.349. The number of rotatable bonds is 7. The Morgan fingerprint density at radius 3 is 2.70 bits per heavy atom. The van der Waals surface area contributed by atoms with Gasteiger partial charge in [0.15, 0.2) is 5.96 Å². The second-order valence-electron chi connectivity index (χ2n) is 6.69. The van der Waals surface area contributed by atoms with Gasteiger partial charge in [-0.2, -0.15) is 0 Å². The second kappa shape index (κ2) is 12.1. The zero-order valence-corrected chi connectivity index (χ0v) is 18.7. The molecule has 1 atom stereocenters. The maximum absolute atomic E-state index is 12.9. The first-order valence-electron chi connectivity index (χ1n) is 9.19. The van der Waals surface area contributed by atoms with Crippen LogP contribution in [-0.4, -0.2) is 68.0 Å². The molecule has 27 heavy (non-hydrogen) atoms. The molecule has 0 aliphatic carbocycles. The fraction of sp³-hybridized carbons (Fsp3) is 0.579. The summed E-state index contributed by atoms with van der Waals surface area (Å²) in [5, 5.41) is 6.70. The molecule has 1 aliphatic heterocycles. The summed E-state index contributed by atoms with van der Waals surface area (Å²) in [7, 11) is 3.79. The Morgan fingerprint density at radius 1 is 1.37 bits per heavy atom. The van der Waals surface area contributed by atoms with Gasteiger partial charge in [0.2, 0.25) is 5.91 Å². The molecule has 0 bridgehead atoms. The first-order chi connectivity index (χ1) is 12.5. The molecule has 1 aliphatic rings. The maximum atomic E-state index is 12.9. The second-order valence-corrected chi connectivity index (χ2v) is 6.69. The van der Waals surface area contributed by atoms with Gasteiger partial charge in [-0.25, -0.2) is 4.39 Å². The molecular formula is C19H31FIN5O. The lowest BCUT2D eigenvalue weighted by molar-refractivity contribution is -0.129. The van der Waals surface area contributed by atoms with Crippen molar-refractivity contribution in [2.75, 3.05) is 40.3 Å². The van der Waals surface area contributed by atoms with Gasteiger partial charge in [0, 0.05) is 52.2 Å². The highest BCUT2D eigenvalue weighted by molar-refractivity contribution is 14.0. The minimum absolute atomic E-state index is 0. The Bertz CT molecular complexity index is 611. The van der Waals surface area contributed by atoms with E-state index in [1.54, 1.807) is 7.05 Å². The van der Waals surface area contributed by atoms with Gasteiger partial charge in [-0.1, -0.05) is 19.1 Å². The molecule has 1 amide bonds. The van der Waals surface area contributed by atoms with Crippen molar-refractivity contribution in [1.82, 2.24) is 20.4 Å². The summed E-state index contributed by atoms with van der Waals surface area (Å²) < 4.78 is 12.9. The van der Waals surface area contributed by atoms with Gasteiger partial charge in [-0.05, 0) is 31.2 Å². The van der Waals surface area contributed by atoms with Crippen LogP contribution in [0.1, 0.15) is 25.3 Å². The van der Waals surface area contributed by atoms with Crippen molar-refractivity contribution < 1.29 is 9.18 Å². The van der Waals surface area contributed by atoms with Crippen LogP contribution in [0.2, 0.25) is 0 Å². The molecular weight excluding hydrogens is 460 g/mol. The van der Waals surface area contributed by atoms with E-state index >= 15 is 0 Å². The van der Waals surface area contributed by atoms with E-state index in [4.69, 9.17) is 0 Å². The van der Waals surface area contributed by atoms with Crippen LogP contribution >= 0.6 is 24.0 Å². The van der Waals surface area contributed by atoms with Crippen LogP contribution in [0.5, 0.6) is 0 Å². The summed E-state index contributed by atoms with van der Waals surface area (Å²) in [5.41, 5.74) is 1.09. The van der Waals surface area contributed by atoms with Gasteiger partial charge < -0.3 is 20.4 Å². The highest BCUT2D eigenvalue weighted by Crippen LogP contribution is 2.10. The number of halogens is 2. The summed E-state index contributed by atoms with van der Waals surface area (Å²) in [5.74, 6) is 0.759. The highest BCUT2D eigenvalue weighted by atomic mass is 127. The molecule has 6 nitrogen and oxygen atoms in total. The summed E-state index contributed by atoms with van der Waals surface area (Å²) in [6.07, 6.45) is 1.50. The first kappa shape index (κ1) is 23.6. The van der Waals surface area contributed by atoms with Gasteiger partial charge in [0.25, 0.3) is 0 Å². The van der Waals surface area contributed by atoms with E-state index in [-0.39, 0.29) is 41.7 Å². The Balaban J connectivity index is 0.00000364. The van der Waals surface area contributed by atoms with E-state index in [1.165, 1.54) is 12.1 Å². The van der Waals surface area contributed by atoms with Gasteiger partial charge in [0.05, 0.1) is 0 Å². The molecule has 0 spiro atoms. The van der Waals surface area contributed by atoms with Crippen molar-refractivity contribution >= 4 is 35.8 Å². The molecule has 1 fully saturated rings. The first-order valence-corrected chi connectivity index (χ1v) is 9.19. The number of carbonyl (C=O) groups is 1. The molecule has 1 aromatic carbocycles. The number of hydrogen-bond donors (Lipinski definition) is 2. The Hall–Kier alpha value is -1.42. The zero-order chi connectivity index (χ0) is 18.9. The minimum atomic E-state index is -0.209. The van der Waals surface area contributed by atoms with Crippen LogP contribution in [0.4, 0.5) is 4.39 Å². The van der Waals surface area contributed by atoms with Gasteiger partial charge in [0.1, 0.15) is 5.82 Å². The smallest absolute Gasteiger partial charge is 0.222 e. The fourth-order valence-electron chi connectivity index (χ4n) is 3.06. The molecule has 2 N–H and O–H groups in total. The molecule has 2 rings (SSSR count). The average molecular weight is 491 g/mol. The molecule has 1 heterocycles. The molecule has 152 valence electrons. The van der Waals surface area contributed by atoms with E-state index in [0.717, 1.165) is 50.7 Å². The lowest BCUT2D eigenvalue weighted by Crippen LogP contribution is -2.46. The number of carbonyl (C=O) groups excluding carboxylic acids is 1. The number of nitrogens with one attached hydrogen (secondary N) is 2. The van der Waals surface area contributed by atoms with E-state index < -0.39 is 0 Å². The third-order valence-electron chi connectivity index (χ3n) is 4.56. The van der Waals surface area contributed by atoms with Gasteiger partial charge >= 0.3 is 0 Å². The molecule has 1 unspecified atom stereocenters. The maximum Gasteiger partial charge on any atom is 0.222 e. The van der Waals surface area contributed by atoms with E-state index in [2.05, 4.69) is 20.5 Å². The number of likely N-dealkylation sites (tertiary alicyclic amines) is 1. The normalized spacial score (nSPS) is 17.0. The van der Waals surface area contributed by atoms with E-state index in [9.17, 15) is 9.18 Å². The number of hydrogen-bond acceptors (Lipinski definition) is 3. The van der Waals surface area contributed by atoms with Crippen LogP contribution in [0.15, 0.2) is 29.3 Å². The van der Waals surface area contributed by atoms with Crippen LogP contribution in [0.25, 0.3) is 0 Å². The van der Waals surface area contributed by atoms with E-state index in [1.807, 2.05) is 31.0 Å². The van der Waals surface area contributed by atoms with Crippen molar-refractivity contribution in [1.29, 1.82) is 0 Å². The molecule has 0 radical (unpaired) electrons. The third kappa shape index (κ3) is 8.00. The van der Waals surface area contributed by atoms with Crippen molar-refractivity contribution in [2.24, 2.45) is 4.99 Å². The molecule has 1 aromatic rings. The van der Waals surface area contributed by atoms with Crippen molar-refractivity contribution in [3.63, 3.8) is 0 Å². The third-order valence-corrected chi connectivity index (χ3v) is 4.56. The van der Waals surface area contributed by atoms with Crippen molar-refractivity contribution in [2.45, 2.75) is 32.4 Å². The monoisotopic (exact) mass is 491 g/mol. The number of guanidine groups is 1. The summed E-state index contributed by atoms with van der Waals surface area (Å²) >= 11 is 0. The molecule has 8 heteroatoms. The number of benzene rings is 1. The fourth-order valence-corrected chi connectivity index (χ4v) is 3.06. The van der Waals surface area contributed by atoms with Gasteiger partial charge in [-0.15, -0.1) is 24.0 Å². The van der Waals surface area contributed by atoms with Gasteiger partial charge in [-0.3, -0.25) is 9.79 Å².